The van der Waals surface area contributed by atoms with Crippen molar-refractivity contribution in [1.82, 2.24) is 9.78 Å². The zero-order valence-electron chi connectivity index (χ0n) is 12.3. The minimum absolute atomic E-state index is 0.113. The van der Waals surface area contributed by atoms with Crippen LogP contribution in [-0.4, -0.2) is 15.6 Å². The van der Waals surface area contributed by atoms with Crippen molar-refractivity contribution < 1.29 is 4.79 Å². The first-order chi connectivity index (χ1) is 11.3. The summed E-state index contributed by atoms with van der Waals surface area (Å²) in [7, 11) is 0. The molecule has 0 unspecified atom stereocenters. The molecule has 1 heterocycles. The number of nitriles is 1. The van der Waals surface area contributed by atoms with Crippen LogP contribution in [0.4, 0.5) is 0 Å². The third kappa shape index (κ3) is 3.25. The van der Waals surface area contributed by atoms with Crippen LogP contribution < -0.4 is 0 Å². The van der Waals surface area contributed by atoms with Gasteiger partial charge in [0.15, 0.2) is 5.78 Å². The molecule has 0 radical (unpaired) electrons. The molecule has 110 valence electrons. The fourth-order valence-corrected chi connectivity index (χ4v) is 2.27. The van der Waals surface area contributed by atoms with Crippen molar-refractivity contribution in [3.63, 3.8) is 0 Å². The van der Waals surface area contributed by atoms with Crippen molar-refractivity contribution in [3.8, 4) is 11.8 Å². The average molecular weight is 299 g/mol. The molecule has 1 aromatic heterocycles. The van der Waals surface area contributed by atoms with Gasteiger partial charge in [0.1, 0.15) is 0 Å². The van der Waals surface area contributed by atoms with Crippen LogP contribution in [0.5, 0.6) is 0 Å². The predicted molar refractivity (Wildman–Crippen MR) is 88.1 cm³/mol. The third-order valence-electron chi connectivity index (χ3n) is 3.36. The van der Waals surface area contributed by atoms with Gasteiger partial charge in [0, 0.05) is 18.0 Å². The van der Waals surface area contributed by atoms with Crippen LogP contribution in [0.15, 0.2) is 73.1 Å². The van der Waals surface area contributed by atoms with Crippen LogP contribution in [0, 0.1) is 11.3 Å². The topological polar surface area (TPSA) is 58.7 Å². The van der Waals surface area contributed by atoms with Crippen LogP contribution in [0.3, 0.4) is 0 Å². The van der Waals surface area contributed by atoms with Gasteiger partial charge in [0.2, 0.25) is 0 Å². The summed E-state index contributed by atoms with van der Waals surface area (Å²) in [6, 6.07) is 18.3. The van der Waals surface area contributed by atoms with E-state index in [-0.39, 0.29) is 5.78 Å². The summed E-state index contributed by atoms with van der Waals surface area (Å²) in [5, 5.41) is 13.1. The Morgan fingerprint density at radius 3 is 2.78 bits per heavy atom. The highest BCUT2D eigenvalue weighted by molar-refractivity contribution is 6.09. The second kappa shape index (κ2) is 6.54. The molecule has 4 nitrogen and oxygen atoms in total. The first-order valence-electron chi connectivity index (χ1n) is 7.09. The molecule has 0 saturated heterocycles. The fourth-order valence-electron chi connectivity index (χ4n) is 2.27. The van der Waals surface area contributed by atoms with Gasteiger partial charge in [0.25, 0.3) is 0 Å². The number of aromatic nitrogens is 2. The van der Waals surface area contributed by atoms with Crippen LogP contribution in [0.1, 0.15) is 21.5 Å². The lowest BCUT2D eigenvalue weighted by Crippen LogP contribution is -2.04. The van der Waals surface area contributed by atoms with E-state index in [1.54, 1.807) is 47.4 Å². The highest BCUT2D eigenvalue weighted by atomic mass is 16.1. The number of hydrogen-bond acceptors (Lipinski definition) is 3. The quantitative estimate of drug-likeness (QED) is 0.546. The standard InChI is InChI=1S/C19H13N3O/c20-14-16-6-3-5-15(13-16)9-10-19(23)17-7-1-2-8-18(17)22-12-4-11-21-22/h1-13H. The molecule has 23 heavy (non-hydrogen) atoms. The number of carbonyl (C=O) groups is 1. The zero-order valence-corrected chi connectivity index (χ0v) is 12.3. The van der Waals surface area contributed by atoms with E-state index in [2.05, 4.69) is 11.2 Å². The van der Waals surface area contributed by atoms with Gasteiger partial charge < -0.3 is 0 Å². The maximum absolute atomic E-state index is 12.5. The highest BCUT2D eigenvalue weighted by Gasteiger charge is 2.09. The molecular weight excluding hydrogens is 286 g/mol. The van der Waals surface area contributed by atoms with Gasteiger partial charge in [-0.05, 0) is 42.0 Å². The van der Waals surface area contributed by atoms with Gasteiger partial charge >= 0.3 is 0 Å². The molecule has 3 rings (SSSR count). The van der Waals surface area contributed by atoms with Crippen LogP contribution >= 0.6 is 0 Å². The van der Waals surface area contributed by atoms with Crippen molar-refractivity contribution in [2.75, 3.05) is 0 Å². The smallest absolute Gasteiger partial charge is 0.188 e. The molecule has 0 bridgehead atoms. The second-order valence-electron chi connectivity index (χ2n) is 4.90. The van der Waals surface area contributed by atoms with E-state index in [0.717, 1.165) is 11.3 Å². The Kier molecular flexibility index (Phi) is 4.12. The first kappa shape index (κ1) is 14.5. The number of carbonyl (C=O) groups excluding carboxylic acids is 1. The van der Waals surface area contributed by atoms with Crippen molar-refractivity contribution in [2.24, 2.45) is 0 Å². The number of ketones is 1. The molecule has 0 saturated carbocycles. The van der Waals surface area contributed by atoms with Crippen LogP contribution in [-0.2, 0) is 0 Å². The maximum atomic E-state index is 12.5. The Bertz CT molecular complexity index is 902. The van der Waals surface area contributed by atoms with Crippen LogP contribution in [0.25, 0.3) is 11.8 Å². The molecule has 3 aromatic rings. The van der Waals surface area contributed by atoms with Gasteiger partial charge in [-0.15, -0.1) is 0 Å². The third-order valence-corrected chi connectivity index (χ3v) is 3.36. The molecule has 4 heteroatoms. The molecule has 0 aliphatic rings. The van der Waals surface area contributed by atoms with Crippen molar-refractivity contribution >= 4 is 11.9 Å². The number of benzene rings is 2. The van der Waals surface area contributed by atoms with E-state index < -0.39 is 0 Å². The second-order valence-corrected chi connectivity index (χ2v) is 4.90. The Labute approximate surface area is 133 Å². The lowest BCUT2D eigenvalue weighted by Gasteiger charge is -2.06. The summed E-state index contributed by atoms with van der Waals surface area (Å²) < 4.78 is 1.66. The van der Waals surface area contributed by atoms with Crippen molar-refractivity contribution in [2.45, 2.75) is 0 Å². The summed E-state index contributed by atoms with van der Waals surface area (Å²) in [5.41, 5.74) is 2.69. The summed E-state index contributed by atoms with van der Waals surface area (Å²) in [6.45, 7) is 0. The molecule has 0 aliphatic heterocycles. The van der Waals surface area contributed by atoms with E-state index in [1.807, 2.05) is 30.3 Å². The Morgan fingerprint density at radius 2 is 2.00 bits per heavy atom. The van der Waals surface area contributed by atoms with Gasteiger partial charge in [-0.25, -0.2) is 4.68 Å². The van der Waals surface area contributed by atoms with E-state index in [1.165, 1.54) is 6.08 Å². The average Bonchev–Trinajstić information content (AvgIpc) is 3.14. The molecule has 0 atom stereocenters. The Morgan fingerprint density at radius 1 is 1.13 bits per heavy atom. The normalized spacial score (nSPS) is 10.6. The Hall–Kier alpha value is -3.45. The summed E-state index contributed by atoms with van der Waals surface area (Å²) in [5.74, 6) is -0.113. The van der Waals surface area contributed by atoms with Gasteiger partial charge in [-0.2, -0.15) is 10.4 Å². The largest absolute Gasteiger partial charge is 0.289 e. The van der Waals surface area contributed by atoms with Crippen molar-refractivity contribution in [1.29, 1.82) is 5.26 Å². The fraction of sp³-hybridized carbons (Fsp3) is 0. The number of hydrogen-bond donors (Lipinski definition) is 0. The number of allylic oxidation sites excluding steroid dienone is 1. The lowest BCUT2D eigenvalue weighted by molar-refractivity contribution is 0.104. The van der Waals surface area contributed by atoms with E-state index >= 15 is 0 Å². The molecular formula is C19H13N3O. The molecule has 0 aliphatic carbocycles. The molecule has 0 spiro atoms. The van der Waals surface area contributed by atoms with Gasteiger partial charge in [-0.1, -0.05) is 30.3 Å². The summed E-state index contributed by atoms with van der Waals surface area (Å²) in [6.07, 6.45) is 6.69. The number of rotatable bonds is 4. The monoisotopic (exact) mass is 299 g/mol. The molecule has 0 amide bonds. The number of nitrogens with zero attached hydrogens (tertiary/aromatic N) is 3. The van der Waals surface area contributed by atoms with E-state index in [4.69, 9.17) is 5.26 Å². The van der Waals surface area contributed by atoms with E-state index in [0.29, 0.717) is 11.1 Å². The van der Waals surface area contributed by atoms with Crippen LogP contribution in [0.2, 0.25) is 0 Å². The van der Waals surface area contributed by atoms with E-state index in [9.17, 15) is 4.79 Å². The molecule has 2 aromatic carbocycles. The highest BCUT2D eigenvalue weighted by Crippen LogP contribution is 2.15. The SMILES string of the molecule is N#Cc1cccc(C=CC(=O)c2ccccc2-n2cccn2)c1. The van der Waals surface area contributed by atoms with Gasteiger partial charge in [-0.3, -0.25) is 4.79 Å². The summed E-state index contributed by atoms with van der Waals surface area (Å²) in [4.78, 5) is 12.5. The minimum Gasteiger partial charge on any atom is -0.289 e. The number of para-hydroxylation sites is 1. The minimum atomic E-state index is -0.113. The maximum Gasteiger partial charge on any atom is 0.188 e. The zero-order chi connectivity index (χ0) is 16.1. The predicted octanol–water partition coefficient (Wildman–Crippen LogP) is 3.64. The summed E-state index contributed by atoms with van der Waals surface area (Å²) >= 11 is 0. The van der Waals surface area contributed by atoms with Gasteiger partial charge in [0.05, 0.1) is 17.3 Å². The first-order valence-corrected chi connectivity index (χ1v) is 7.09. The van der Waals surface area contributed by atoms with Crippen molar-refractivity contribution in [3.05, 3.63) is 89.8 Å². The molecule has 0 N–H and O–H groups in total. The lowest BCUT2D eigenvalue weighted by atomic mass is 10.1. The Balaban J connectivity index is 1.90. The molecule has 0 fully saturated rings.